The van der Waals surface area contributed by atoms with E-state index in [1.807, 2.05) is 12.1 Å². The minimum Gasteiger partial charge on any atom is -0.323 e. The Morgan fingerprint density at radius 3 is 3.05 bits per heavy atom. The highest BCUT2D eigenvalue weighted by Gasteiger charge is 2.40. The summed E-state index contributed by atoms with van der Waals surface area (Å²) in [7, 11) is 0. The van der Waals surface area contributed by atoms with Gasteiger partial charge in [-0.1, -0.05) is 6.42 Å². The topological polar surface area (TPSA) is 72.7 Å². The lowest BCUT2D eigenvalue weighted by molar-refractivity contribution is -0.117. The van der Waals surface area contributed by atoms with Crippen LogP contribution >= 0.6 is 0 Å². The molecule has 6 heteroatoms. The van der Waals surface area contributed by atoms with Crippen molar-refractivity contribution < 1.29 is 4.79 Å². The number of fused-ring (bicyclic) bond motifs is 2. The SMILES string of the molecule is O=C(CC1CC2CCC1C2)Nc1cccnc1-n1cncn1. The summed E-state index contributed by atoms with van der Waals surface area (Å²) in [5, 5.41) is 7.08. The average Bonchev–Trinajstić information content (AvgIpc) is 3.25. The van der Waals surface area contributed by atoms with Crippen LogP contribution in [-0.2, 0) is 4.79 Å². The van der Waals surface area contributed by atoms with Crippen LogP contribution in [0.25, 0.3) is 5.82 Å². The summed E-state index contributed by atoms with van der Waals surface area (Å²) in [5.74, 6) is 2.87. The van der Waals surface area contributed by atoms with E-state index >= 15 is 0 Å². The number of rotatable bonds is 4. The van der Waals surface area contributed by atoms with Gasteiger partial charge in [-0.15, -0.1) is 0 Å². The van der Waals surface area contributed by atoms with Crippen LogP contribution in [-0.4, -0.2) is 25.7 Å². The standard InChI is InChI=1S/C16H19N5O/c22-15(8-13-7-11-3-4-12(13)6-11)20-14-2-1-5-18-16(14)21-10-17-9-19-21/h1-2,5,9-13H,3-4,6-8H2,(H,20,22). The molecule has 2 fully saturated rings. The van der Waals surface area contributed by atoms with E-state index in [4.69, 9.17) is 0 Å². The minimum atomic E-state index is 0.0758. The van der Waals surface area contributed by atoms with Gasteiger partial charge in [-0.2, -0.15) is 5.10 Å². The van der Waals surface area contributed by atoms with Gasteiger partial charge in [0, 0.05) is 12.6 Å². The second-order valence-electron chi connectivity index (χ2n) is 6.40. The van der Waals surface area contributed by atoms with Crippen molar-refractivity contribution in [2.45, 2.75) is 32.1 Å². The van der Waals surface area contributed by atoms with Crippen LogP contribution in [0.5, 0.6) is 0 Å². The molecule has 3 atom stereocenters. The maximum absolute atomic E-state index is 12.4. The number of hydrogen-bond donors (Lipinski definition) is 1. The summed E-state index contributed by atoms with van der Waals surface area (Å²) in [4.78, 5) is 20.6. The third kappa shape index (κ3) is 2.49. The molecule has 0 aliphatic heterocycles. The van der Waals surface area contributed by atoms with E-state index in [-0.39, 0.29) is 5.91 Å². The van der Waals surface area contributed by atoms with E-state index in [0.29, 0.717) is 23.8 Å². The van der Waals surface area contributed by atoms with Gasteiger partial charge in [-0.3, -0.25) is 4.79 Å². The molecule has 2 bridgehead atoms. The Balaban J connectivity index is 1.46. The molecule has 22 heavy (non-hydrogen) atoms. The zero-order valence-corrected chi connectivity index (χ0v) is 12.4. The molecule has 4 rings (SSSR count). The normalized spacial score (nSPS) is 26.3. The summed E-state index contributed by atoms with van der Waals surface area (Å²) in [6.07, 6.45) is 10.6. The van der Waals surface area contributed by atoms with E-state index in [2.05, 4.69) is 20.4 Å². The van der Waals surface area contributed by atoms with E-state index in [9.17, 15) is 4.79 Å². The third-order valence-corrected chi connectivity index (χ3v) is 5.03. The molecule has 3 unspecified atom stereocenters. The first-order chi connectivity index (χ1) is 10.8. The second-order valence-corrected chi connectivity index (χ2v) is 6.40. The Bertz CT molecular complexity index is 669. The van der Waals surface area contributed by atoms with Crippen LogP contribution in [0.2, 0.25) is 0 Å². The van der Waals surface area contributed by atoms with Crippen molar-refractivity contribution in [1.29, 1.82) is 0 Å². The molecular weight excluding hydrogens is 278 g/mol. The number of amides is 1. The Morgan fingerprint density at radius 1 is 1.36 bits per heavy atom. The minimum absolute atomic E-state index is 0.0758. The number of carbonyl (C=O) groups excluding carboxylic acids is 1. The Morgan fingerprint density at radius 2 is 2.32 bits per heavy atom. The highest BCUT2D eigenvalue weighted by Crippen LogP contribution is 2.49. The van der Waals surface area contributed by atoms with Gasteiger partial charge < -0.3 is 5.32 Å². The summed E-state index contributed by atoms with van der Waals surface area (Å²) < 4.78 is 1.56. The maximum atomic E-state index is 12.4. The number of anilines is 1. The van der Waals surface area contributed by atoms with Crippen LogP contribution in [0.3, 0.4) is 0 Å². The first-order valence-electron chi connectivity index (χ1n) is 7.89. The largest absolute Gasteiger partial charge is 0.323 e. The first kappa shape index (κ1) is 13.4. The van der Waals surface area contributed by atoms with E-state index in [1.54, 1.807) is 17.2 Å². The van der Waals surface area contributed by atoms with E-state index in [1.165, 1.54) is 32.0 Å². The molecule has 2 aromatic heterocycles. The van der Waals surface area contributed by atoms with Crippen LogP contribution in [0, 0.1) is 17.8 Å². The zero-order chi connectivity index (χ0) is 14.9. The molecule has 2 aliphatic carbocycles. The first-order valence-corrected chi connectivity index (χ1v) is 7.89. The van der Waals surface area contributed by atoms with Crippen molar-refractivity contribution in [3.05, 3.63) is 31.0 Å². The fraction of sp³-hybridized carbons (Fsp3) is 0.500. The summed E-state index contributed by atoms with van der Waals surface area (Å²) in [6, 6.07) is 3.66. The highest BCUT2D eigenvalue weighted by molar-refractivity contribution is 5.92. The smallest absolute Gasteiger partial charge is 0.224 e. The molecule has 2 aromatic rings. The second kappa shape index (κ2) is 5.51. The number of carbonyl (C=O) groups is 1. The number of pyridine rings is 1. The summed E-state index contributed by atoms with van der Waals surface area (Å²) in [6.45, 7) is 0. The van der Waals surface area contributed by atoms with Crippen LogP contribution in [0.1, 0.15) is 32.1 Å². The maximum Gasteiger partial charge on any atom is 0.224 e. The number of nitrogens with zero attached hydrogens (tertiary/aromatic N) is 4. The Labute approximate surface area is 129 Å². The van der Waals surface area contributed by atoms with Gasteiger partial charge in [-0.25, -0.2) is 14.6 Å². The van der Waals surface area contributed by atoms with Crippen molar-refractivity contribution in [1.82, 2.24) is 19.7 Å². The Kier molecular flexibility index (Phi) is 3.36. The fourth-order valence-electron chi connectivity index (χ4n) is 4.06. The summed E-state index contributed by atoms with van der Waals surface area (Å²) in [5.41, 5.74) is 0.682. The van der Waals surface area contributed by atoms with Crippen molar-refractivity contribution in [2.75, 3.05) is 5.32 Å². The van der Waals surface area contributed by atoms with Crippen LogP contribution in [0.15, 0.2) is 31.0 Å². The molecule has 0 saturated heterocycles. The predicted molar refractivity (Wildman–Crippen MR) is 81.3 cm³/mol. The van der Waals surface area contributed by atoms with Gasteiger partial charge in [0.1, 0.15) is 12.7 Å². The monoisotopic (exact) mass is 297 g/mol. The molecule has 2 saturated carbocycles. The Hall–Kier alpha value is -2.24. The van der Waals surface area contributed by atoms with Crippen molar-refractivity contribution in [3.8, 4) is 5.82 Å². The predicted octanol–water partition coefficient (Wildman–Crippen LogP) is 2.43. The fourth-order valence-corrected chi connectivity index (χ4v) is 4.06. The van der Waals surface area contributed by atoms with Crippen molar-refractivity contribution in [2.24, 2.45) is 17.8 Å². The molecule has 0 spiro atoms. The van der Waals surface area contributed by atoms with Crippen LogP contribution in [0.4, 0.5) is 5.69 Å². The van der Waals surface area contributed by atoms with Gasteiger partial charge in [-0.05, 0) is 49.1 Å². The molecule has 114 valence electrons. The highest BCUT2D eigenvalue weighted by atomic mass is 16.1. The molecule has 0 aromatic carbocycles. The van der Waals surface area contributed by atoms with Crippen molar-refractivity contribution in [3.63, 3.8) is 0 Å². The third-order valence-electron chi connectivity index (χ3n) is 5.03. The van der Waals surface area contributed by atoms with Gasteiger partial charge in [0.15, 0.2) is 5.82 Å². The lowest BCUT2D eigenvalue weighted by Gasteiger charge is -2.21. The zero-order valence-electron chi connectivity index (χ0n) is 12.4. The summed E-state index contributed by atoms with van der Waals surface area (Å²) >= 11 is 0. The quantitative estimate of drug-likeness (QED) is 0.940. The van der Waals surface area contributed by atoms with Gasteiger partial charge in [0.2, 0.25) is 5.91 Å². The molecular formula is C16H19N5O. The number of hydrogen-bond acceptors (Lipinski definition) is 4. The number of nitrogens with one attached hydrogen (secondary N) is 1. The average molecular weight is 297 g/mol. The number of aromatic nitrogens is 4. The van der Waals surface area contributed by atoms with Gasteiger partial charge in [0.25, 0.3) is 0 Å². The van der Waals surface area contributed by atoms with E-state index < -0.39 is 0 Å². The molecule has 2 heterocycles. The van der Waals surface area contributed by atoms with Gasteiger partial charge in [0.05, 0.1) is 5.69 Å². The van der Waals surface area contributed by atoms with Crippen LogP contribution < -0.4 is 5.32 Å². The van der Waals surface area contributed by atoms with Gasteiger partial charge >= 0.3 is 0 Å². The molecule has 1 N–H and O–H groups in total. The van der Waals surface area contributed by atoms with E-state index in [0.717, 1.165) is 11.8 Å². The molecule has 6 nitrogen and oxygen atoms in total. The molecule has 2 aliphatic rings. The van der Waals surface area contributed by atoms with Crippen molar-refractivity contribution >= 4 is 11.6 Å². The lowest BCUT2D eigenvalue weighted by atomic mass is 9.86. The lowest BCUT2D eigenvalue weighted by Crippen LogP contribution is -2.21. The molecule has 0 radical (unpaired) electrons. The molecule has 1 amide bonds.